The zero-order chi connectivity index (χ0) is 42.6. The quantitative estimate of drug-likeness (QED) is 0.155. The summed E-state index contributed by atoms with van der Waals surface area (Å²) in [6, 6.07) is 69.2. The molecular weight excluding hydrogens is 775 g/mol. The van der Waals surface area contributed by atoms with E-state index in [4.69, 9.17) is 4.42 Å². The van der Waals surface area contributed by atoms with Crippen molar-refractivity contribution >= 4 is 50.5 Å². The first-order chi connectivity index (χ1) is 31.5. The van der Waals surface area contributed by atoms with Gasteiger partial charge in [0.15, 0.2) is 0 Å². The largest absolute Gasteiger partial charge is 0.456 e. The number of hydrogen-bond donors (Lipinski definition) is 0. The van der Waals surface area contributed by atoms with Gasteiger partial charge in [-0.15, -0.1) is 0 Å². The number of allylic oxidation sites excluding steroid dienone is 4. The number of anilines is 2. The van der Waals surface area contributed by atoms with Gasteiger partial charge in [0.25, 0.3) is 0 Å². The van der Waals surface area contributed by atoms with Crippen molar-refractivity contribution in [3.05, 3.63) is 267 Å². The highest BCUT2D eigenvalue weighted by molar-refractivity contribution is 6.14. The minimum absolute atomic E-state index is 0.168. The highest BCUT2D eigenvalue weighted by Gasteiger charge is 2.48. The van der Waals surface area contributed by atoms with E-state index in [-0.39, 0.29) is 5.41 Å². The molecule has 4 aliphatic rings. The molecule has 13 rings (SSSR count). The van der Waals surface area contributed by atoms with Gasteiger partial charge in [0, 0.05) is 44.3 Å². The Kier molecular flexibility index (Phi) is 7.94. The van der Waals surface area contributed by atoms with Crippen LogP contribution in [-0.2, 0) is 10.8 Å². The maximum atomic E-state index is 6.49. The first-order valence-electron chi connectivity index (χ1n) is 22.5. The molecule has 0 bridgehead atoms. The van der Waals surface area contributed by atoms with Crippen molar-refractivity contribution in [1.82, 2.24) is 0 Å². The molecule has 0 atom stereocenters. The first kappa shape index (κ1) is 36.8. The van der Waals surface area contributed by atoms with Crippen LogP contribution in [0.4, 0.5) is 11.4 Å². The highest BCUT2D eigenvalue weighted by Crippen LogP contribution is 2.59. The maximum Gasteiger partial charge on any atom is 0.136 e. The molecule has 0 aliphatic heterocycles. The Morgan fingerprint density at radius 3 is 2.00 bits per heavy atom. The minimum atomic E-state index is -0.501. The van der Waals surface area contributed by atoms with Crippen LogP contribution in [0.15, 0.2) is 221 Å². The molecule has 0 radical (unpaired) electrons. The molecule has 9 aromatic rings. The fourth-order valence-electron chi connectivity index (χ4n) is 11.7. The van der Waals surface area contributed by atoms with Gasteiger partial charge in [0.1, 0.15) is 11.2 Å². The molecule has 0 saturated carbocycles. The molecule has 302 valence electrons. The Labute approximate surface area is 373 Å². The zero-order valence-corrected chi connectivity index (χ0v) is 35.8. The summed E-state index contributed by atoms with van der Waals surface area (Å²) >= 11 is 0. The van der Waals surface area contributed by atoms with Crippen molar-refractivity contribution in [2.45, 2.75) is 37.5 Å². The predicted molar refractivity (Wildman–Crippen MR) is 264 cm³/mol. The number of hydrogen-bond acceptors (Lipinski definition) is 2. The minimum Gasteiger partial charge on any atom is -0.456 e. The lowest BCUT2D eigenvalue weighted by molar-refractivity contribution is 0.660. The smallest absolute Gasteiger partial charge is 0.136 e. The van der Waals surface area contributed by atoms with Crippen LogP contribution < -0.4 is 4.90 Å². The third-order valence-electron chi connectivity index (χ3n) is 14.5. The zero-order valence-electron chi connectivity index (χ0n) is 35.8. The molecule has 0 unspecified atom stereocenters. The summed E-state index contributed by atoms with van der Waals surface area (Å²) in [5, 5.41) is 2.21. The van der Waals surface area contributed by atoms with Gasteiger partial charge in [-0.2, -0.15) is 0 Å². The van der Waals surface area contributed by atoms with Gasteiger partial charge < -0.3 is 9.32 Å². The van der Waals surface area contributed by atoms with Crippen molar-refractivity contribution < 1.29 is 4.42 Å². The van der Waals surface area contributed by atoms with Crippen LogP contribution >= 0.6 is 0 Å². The summed E-state index contributed by atoms with van der Waals surface area (Å²) in [5.74, 6) is 0. The van der Waals surface area contributed by atoms with E-state index >= 15 is 0 Å². The van der Waals surface area contributed by atoms with Gasteiger partial charge in [-0.25, -0.2) is 0 Å². The molecule has 2 nitrogen and oxygen atoms in total. The van der Waals surface area contributed by atoms with Gasteiger partial charge in [-0.3, -0.25) is 0 Å². The Morgan fingerprint density at radius 1 is 0.547 bits per heavy atom. The standard InChI is InChI=1S/C62H43NO/c1-61(2)52-28-13-9-23-45(52)47-35-33-43(38-54(47)61)63(56-30-15-11-25-49(56)50-27-17-18-40-32-37-58-60(59(40)50)51-26-12-16-31-57(51)64-58)44-34-36-48-46-24-10-14-29-53(46)62(55(48)39-44,41-19-5-3-6-20-41)42-21-7-4-8-22-42/h3-16,18-26,28-33,35,37-39H,34,36H2,1-2H3. The van der Waals surface area contributed by atoms with Crippen LogP contribution in [-0.4, -0.2) is 0 Å². The third-order valence-corrected chi connectivity index (χ3v) is 14.5. The monoisotopic (exact) mass is 817 g/mol. The van der Waals surface area contributed by atoms with Gasteiger partial charge in [-0.1, -0.05) is 177 Å². The van der Waals surface area contributed by atoms with Crippen molar-refractivity contribution in [2.24, 2.45) is 0 Å². The fraction of sp³-hybridized carbons (Fsp3) is 0.0968. The first-order valence-corrected chi connectivity index (χ1v) is 22.5. The van der Waals surface area contributed by atoms with Crippen LogP contribution in [0, 0.1) is 0 Å². The lowest BCUT2D eigenvalue weighted by Gasteiger charge is -2.38. The van der Waals surface area contributed by atoms with Gasteiger partial charge >= 0.3 is 0 Å². The van der Waals surface area contributed by atoms with Crippen LogP contribution in [0.1, 0.15) is 76.8 Å². The van der Waals surface area contributed by atoms with Gasteiger partial charge in [0.2, 0.25) is 0 Å². The molecule has 8 aromatic carbocycles. The van der Waals surface area contributed by atoms with E-state index in [2.05, 4.69) is 224 Å². The molecule has 4 aliphatic carbocycles. The summed E-state index contributed by atoms with van der Waals surface area (Å²) in [4.78, 5) is 2.57. The van der Waals surface area contributed by atoms with E-state index in [0.29, 0.717) is 0 Å². The number of benzene rings is 8. The average Bonchev–Trinajstić information content (AvgIpc) is 3.96. The lowest BCUT2D eigenvalue weighted by atomic mass is 9.66. The number of rotatable bonds is 6. The summed E-state index contributed by atoms with van der Waals surface area (Å²) in [6.45, 7) is 4.75. The second kappa shape index (κ2) is 13.8. The van der Waals surface area contributed by atoms with Crippen molar-refractivity contribution in [3.63, 3.8) is 0 Å². The highest BCUT2D eigenvalue weighted by atomic mass is 16.3. The van der Waals surface area contributed by atoms with E-state index in [0.717, 1.165) is 68.4 Å². The molecule has 2 heteroatoms. The molecule has 0 amide bonds. The van der Waals surface area contributed by atoms with Crippen molar-refractivity contribution in [2.75, 3.05) is 4.90 Å². The Balaban J connectivity index is 1.08. The van der Waals surface area contributed by atoms with Crippen LogP contribution in [0.25, 0.3) is 50.3 Å². The molecule has 0 fully saturated rings. The van der Waals surface area contributed by atoms with Crippen molar-refractivity contribution in [1.29, 1.82) is 0 Å². The SMILES string of the molecule is CC1(C)c2ccccc2-c2ccc(N(C3=CC4=C(CC3)c3ccccc3C4(c3ccccc3)c3ccccc3)c3ccccc3C3=C=C=Cc4ccc5oc6ccccc6c5c43)cc21. The molecule has 1 heterocycles. The molecule has 1 aromatic heterocycles. The number of fused-ring (bicyclic) bond motifs is 10. The fourth-order valence-corrected chi connectivity index (χ4v) is 11.7. The summed E-state index contributed by atoms with van der Waals surface area (Å²) in [7, 11) is 0. The lowest BCUT2D eigenvalue weighted by Crippen LogP contribution is -2.31. The topological polar surface area (TPSA) is 16.4 Å². The summed E-state index contributed by atoms with van der Waals surface area (Å²) in [5.41, 5.74) is 29.4. The van der Waals surface area contributed by atoms with E-state index in [1.807, 2.05) is 6.07 Å². The molecule has 64 heavy (non-hydrogen) atoms. The number of nitrogens with zero attached hydrogens (tertiary/aromatic N) is 1. The van der Waals surface area contributed by atoms with E-state index in [1.165, 1.54) is 61.4 Å². The third kappa shape index (κ3) is 5.10. The number of para-hydroxylation sites is 2. The Morgan fingerprint density at radius 2 is 1.20 bits per heavy atom. The molecule has 0 N–H and O–H groups in total. The van der Waals surface area contributed by atoms with E-state index in [1.54, 1.807) is 0 Å². The summed E-state index contributed by atoms with van der Waals surface area (Å²) < 4.78 is 6.49. The van der Waals surface area contributed by atoms with E-state index in [9.17, 15) is 0 Å². The van der Waals surface area contributed by atoms with Crippen LogP contribution in [0.3, 0.4) is 0 Å². The molecular formula is C62H43NO. The molecule has 0 saturated heterocycles. The average molecular weight is 818 g/mol. The Hall–Kier alpha value is -7.86. The Bertz CT molecular complexity index is 3560. The predicted octanol–water partition coefficient (Wildman–Crippen LogP) is 15.7. The van der Waals surface area contributed by atoms with Crippen LogP contribution in [0.5, 0.6) is 0 Å². The molecule has 0 spiro atoms. The van der Waals surface area contributed by atoms with Gasteiger partial charge in [-0.05, 0) is 123 Å². The second-order valence-corrected chi connectivity index (χ2v) is 18.1. The van der Waals surface area contributed by atoms with Crippen molar-refractivity contribution in [3.8, 4) is 11.1 Å². The number of furan rings is 1. The van der Waals surface area contributed by atoms with E-state index < -0.39 is 5.41 Å². The second-order valence-electron chi connectivity index (χ2n) is 18.1. The normalized spacial score (nSPS) is 15.9. The summed E-state index contributed by atoms with van der Waals surface area (Å²) in [6.07, 6.45) is 6.39. The van der Waals surface area contributed by atoms with Gasteiger partial charge in [0.05, 0.1) is 11.1 Å². The van der Waals surface area contributed by atoms with Crippen LogP contribution in [0.2, 0.25) is 0 Å². The maximum absolute atomic E-state index is 6.49.